The van der Waals surface area contributed by atoms with Crippen molar-refractivity contribution in [1.29, 1.82) is 0 Å². The van der Waals surface area contributed by atoms with Gasteiger partial charge in [0.05, 0.1) is 19.2 Å². The molecule has 1 fully saturated rings. The number of aromatic nitrogens is 3. The number of hydrogen-bond acceptors (Lipinski definition) is 4. The van der Waals surface area contributed by atoms with E-state index in [1.807, 2.05) is 82.4 Å². The van der Waals surface area contributed by atoms with Gasteiger partial charge in [-0.3, -0.25) is 4.79 Å². The Labute approximate surface area is 181 Å². The number of ether oxygens (including phenoxy) is 1. The van der Waals surface area contributed by atoms with Gasteiger partial charge in [-0.05, 0) is 60.4 Å². The van der Waals surface area contributed by atoms with Crippen LogP contribution in [0.4, 0.5) is 0 Å². The molecule has 3 aromatic carbocycles. The zero-order valence-corrected chi connectivity index (χ0v) is 17.4. The number of nitrogens with zero attached hydrogens (tertiary/aromatic N) is 4. The van der Waals surface area contributed by atoms with E-state index in [0.717, 1.165) is 40.8 Å². The van der Waals surface area contributed by atoms with Crippen LogP contribution in [0.2, 0.25) is 0 Å². The fourth-order valence-electron chi connectivity index (χ4n) is 3.81. The molecule has 6 heteroatoms. The number of carbonyl (C=O) groups excluding carboxylic acids is 1. The molecular weight excluding hydrogens is 388 g/mol. The van der Waals surface area contributed by atoms with Crippen LogP contribution in [0.25, 0.3) is 11.0 Å². The van der Waals surface area contributed by atoms with Crippen molar-refractivity contribution < 1.29 is 9.53 Å². The smallest absolute Gasteiger partial charge is 0.254 e. The minimum absolute atomic E-state index is 0.0797. The van der Waals surface area contributed by atoms with Crippen LogP contribution >= 0.6 is 0 Å². The molecule has 6 nitrogen and oxygen atoms in total. The molecular formula is C25H24N4O2. The van der Waals surface area contributed by atoms with Crippen LogP contribution in [-0.4, -0.2) is 39.0 Å². The van der Waals surface area contributed by atoms with Crippen molar-refractivity contribution in [3.8, 4) is 5.75 Å². The number of rotatable bonds is 7. The number of benzene rings is 3. The predicted octanol–water partition coefficient (Wildman–Crippen LogP) is 4.29. The van der Waals surface area contributed by atoms with E-state index in [1.165, 1.54) is 0 Å². The predicted molar refractivity (Wildman–Crippen MR) is 119 cm³/mol. The molecule has 1 aliphatic carbocycles. The minimum atomic E-state index is 0.0797. The van der Waals surface area contributed by atoms with Crippen molar-refractivity contribution in [3.05, 3.63) is 89.5 Å². The topological polar surface area (TPSA) is 60.2 Å². The summed E-state index contributed by atoms with van der Waals surface area (Å²) in [6.45, 7) is 1.23. The van der Waals surface area contributed by atoms with Crippen LogP contribution in [-0.2, 0) is 13.1 Å². The molecule has 0 radical (unpaired) electrons. The minimum Gasteiger partial charge on any atom is -0.497 e. The van der Waals surface area contributed by atoms with Gasteiger partial charge < -0.3 is 9.64 Å². The molecule has 0 N–H and O–H groups in total. The maximum absolute atomic E-state index is 13.2. The molecule has 4 aromatic rings. The number of hydrogen-bond donors (Lipinski definition) is 0. The Morgan fingerprint density at radius 2 is 1.71 bits per heavy atom. The lowest BCUT2D eigenvalue weighted by molar-refractivity contribution is 0.0730. The third-order valence-corrected chi connectivity index (χ3v) is 5.71. The van der Waals surface area contributed by atoms with Gasteiger partial charge in [-0.1, -0.05) is 41.6 Å². The second kappa shape index (κ2) is 8.22. The molecule has 1 heterocycles. The van der Waals surface area contributed by atoms with Gasteiger partial charge in [0.2, 0.25) is 0 Å². The molecule has 0 unspecified atom stereocenters. The maximum atomic E-state index is 13.2. The molecule has 0 saturated heterocycles. The summed E-state index contributed by atoms with van der Waals surface area (Å²) in [5, 5.41) is 8.45. The summed E-state index contributed by atoms with van der Waals surface area (Å²) in [7, 11) is 1.66. The van der Waals surface area contributed by atoms with Crippen molar-refractivity contribution in [1.82, 2.24) is 19.9 Å². The summed E-state index contributed by atoms with van der Waals surface area (Å²) in [6.07, 6.45) is 2.14. The highest BCUT2D eigenvalue weighted by molar-refractivity contribution is 5.94. The standard InChI is InChI=1S/C25H24N4O2/c1-31-22-14-8-18(9-15-22)16-28(21-12-13-21)25(30)20-10-6-19(7-11-20)17-29-24-5-3-2-4-23(24)26-27-29/h2-11,14-15,21H,12-13,16-17H2,1H3. The summed E-state index contributed by atoms with van der Waals surface area (Å²) in [5.41, 5.74) is 4.79. The fourth-order valence-corrected chi connectivity index (χ4v) is 3.81. The fraction of sp³-hybridized carbons (Fsp3) is 0.240. The highest BCUT2D eigenvalue weighted by atomic mass is 16.5. The van der Waals surface area contributed by atoms with E-state index in [2.05, 4.69) is 10.3 Å². The lowest BCUT2D eigenvalue weighted by Crippen LogP contribution is -2.32. The van der Waals surface area contributed by atoms with Crippen molar-refractivity contribution in [2.45, 2.75) is 32.0 Å². The highest BCUT2D eigenvalue weighted by Crippen LogP contribution is 2.30. The monoisotopic (exact) mass is 412 g/mol. The van der Waals surface area contributed by atoms with Crippen LogP contribution in [0.1, 0.15) is 34.3 Å². The lowest BCUT2D eigenvalue weighted by atomic mass is 10.1. The molecule has 0 bridgehead atoms. The quantitative estimate of drug-likeness (QED) is 0.454. The Balaban J connectivity index is 1.31. The van der Waals surface area contributed by atoms with E-state index >= 15 is 0 Å². The largest absolute Gasteiger partial charge is 0.497 e. The van der Waals surface area contributed by atoms with Gasteiger partial charge in [0.1, 0.15) is 11.3 Å². The summed E-state index contributed by atoms with van der Waals surface area (Å²) in [5.74, 6) is 0.903. The van der Waals surface area contributed by atoms with E-state index in [1.54, 1.807) is 7.11 Å². The van der Waals surface area contributed by atoms with Crippen LogP contribution in [0.15, 0.2) is 72.8 Å². The zero-order chi connectivity index (χ0) is 21.2. The van der Waals surface area contributed by atoms with E-state index < -0.39 is 0 Å². The van der Waals surface area contributed by atoms with Gasteiger partial charge in [-0.25, -0.2) is 4.68 Å². The normalized spacial score (nSPS) is 13.3. The average molecular weight is 412 g/mol. The number of fused-ring (bicyclic) bond motifs is 1. The van der Waals surface area contributed by atoms with E-state index in [-0.39, 0.29) is 5.91 Å². The van der Waals surface area contributed by atoms with Gasteiger partial charge in [-0.15, -0.1) is 5.10 Å². The summed E-state index contributed by atoms with van der Waals surface area (Å²) < 4.78 is 7.11. The average Bonchev–Trinajstić information content (AvgIpc) is 3.59. The van der Waals surface area contributed by atoms with Gasteiger partial charge in [0, 0.05) is 18.2 Å². The first-order valence-electron chi connectivity index (χ1n) is 10.5. The molecule has 1 saturated carbocycles. The van der Waals surface area contributed by atoms with Crippen LogP contribution < -0.4 is 4.74 Å². The summed E-state index contributed by atoms with van der Waals surface area (Å²) in [6, 6.07) is 24.0. The van der Waals surface area contributed by atoms with Gasteiger partial charge in [0.15, 0.2) is 0 Å². The molecule has 5 rings (SSSR count). The number of para-hydroxylation sites is 1. The van der Waals surface area contributed by atoms with Crippen molar-refractivity contribution >= 4 is 16.9 Å². The maximum Gasteiger partial charge on any atom is 0.254 e. The SMILES string of the molecule is COc1ccc(CN(C(=O)c2ccc(Cn3nnc4ccccc43)cc2)C2CC2)cc1. The second-order valence-electron chi connectivity index (χ2n) is 7.95. The lowest BCUT2D eigenvalue weighted by Gasteiger charge is -2.23. The molecule has 31 heavy (non-hydrogen) atoms. The van der Waals surface area contributed by atoms with Crippen molar-refractivity contribution in [2.24, 2.45) is 0 Å². The van der Waals surface area contributed by atoms with Gasteiger partial charge >= 0.3 is 0 Å². The summed E-state index contributed by atoms with van der Waals surface area (Å²) in [4.78, 5) is 15.2. The number of amides is 1. The highest BCUT2D eigenvalue weighted by Gasteiger charge is 2.33. The number of carbonyl (C=O) groups is 1. The van der Waals surface area contributed by atoms with Crippen LogP contribution in [0.3, 0.4) is 0 Å². The zero-order valence-electron chi connectivity index (χ0n) is 17.4. The Bertz CT molecular complexity index is 1190. The van der Waals surface area contributed by atoms with Gasteiger partial charge in [-0.2, -0.15) is 0 Å². The molecule has 0 aliphatic heterocycles. The Hall–Kier alpha value is -3.67. The first-order valence-corrected chi connectivity index (χ1v) is 10.5. The van der Waals surface area contributed by atoms with Crippen molar-refractivity contribution in [3.63, 3.8) is 0 Å². The molecule has 0 atom stereocenters. The van der Waals surface area contributed by atoms with Gasteiger partial charge in [0.25, 0.3) is 5.91 Å². The molecule has 1 aliphatic rings. The Morgan fingerprint density at radius 1 is 1.00 bits per heavy atom. The second-order valence-corrected chi connectivity index (χ2v) is 7.95. The first-order chi connectivity index (χ1) is 15.2. The molecule has 1 aromatic heterocycles. The van der Waals surface area contributed by atoms with E-state index in [0.29, 0.717) is 24.7 Å². The van der Waals surface area contributed by atoms with Crippen LogP contribution in [0, 0.1) is 0 Å². The van der Waals surface area contributed by atoms with E-state index in [9.17, 15) is 4.79 Å². The third-order valence-electron chi connectivity index (χ3n) is 5.71. The molecule has 0 spiro atoms. The molecule has 156 valence electrons. The Kier molecular flexibility index (Phi) is 5.12. The van der Waals surface area contributed by atoms with E-state index in [4.69, 9.17) is 4.74 Å². The first kappa shape index (κ1) is 19.3. The summed E-state index contributed by atoms with van der Waals surface area (Å²) >= 11 is 0. The van der Waals surface area contributed by atoms with Crippen molar-refractivity contribution in [2.75, 3.05) is 7.11 Å². The Morgan fingerprint density at radius 3 is 2.42 bits per heavy atom. The molecule has 1 amide bonds. The van der Waals surface area contributed by atoms with Crippen LogP contribution in [0.5, 0.6) is 5.75 Å². The number of methoxy groups -OCH3 is 1. The third kappa shape index (κ3) is 4.14.